The summed E-state index contributed by atoms with van der Waals surface area (Å²) in [5.74, 6) is 0.341. The summed E-state index contributed by atoms with van der Waals surface area (Å²) in [7, 11) is 1.94. The summed E-state index contributed by atoms with van der Waals surface area (Å²) in [6, 6.07) is 3.62. The molecule has 1 atom stereocenters. The van der Waals surface area contributed by atoms with Gasteiger partial charge in [-0.2, -0.15) is 0 Å². The van der Waals surface area contributed by atoms with Crippen molar-refractivity contribution in [2.75, 3.05) is 11.9 Å². The lowest BCUT2D eigenvalue weighted by molar-refractivity contribution is 0.0663. The molecule has 1 N–H and O–H groups in total. The van der Waals surface area contributed by atoms with E-state index in [0.717, 1.165) is 5.92 Å². The third-order valence-electron chi connectivity index (χ3n) is 3.07. The zero-order valence-corrected chi connectivity index (χ0v) is 8.93. The van der Waals surface area contributed by atoms with Gasteiger partial charge in [-0.25, -0.2) is 4.79 Å². The van der Waals surface area contributed by atoms with E-state index < -0.39 is 5.97 Å². The fraction of sp³-hybridized carbons (Fsp3) is 0.545. The van der Waals surface area contributed by atoms with E-state index in [0.29, 0.717) is 11.9 Å². The average Bonchev–Trinajstić information content (AvgIpc) is 2.93. The van der Waals surface area contributed by atoms with Gasteiger partial charge < -0.3 is 14.4 Å². The Bertz CT molecular complexity index is 368. The Balaban J connectivity index is 2.10. The summed E-state index contributed by atoms with van der Waals surface area (Å²) in [4.78, 5) is 12.6. The Morgan fingerprint density at radius 3 is 2.73 bits per heavy atom. The first-order chi connectivity index (χ1) is 7.09. The van der Waals surface area contributed by atoms with E-state index in [1.54, 1.807) is 6.07 Å². The van der Waals surface area contributed by atoms with Crippen molar-refractivity contribution < 1.29 is 14.3 Å². The lowest BCUT2D eigenvalue weighted by atomic mass is 10.2. The quantitative estimate of drug-likeness (QED) is 0.826. The number of hydrogen-bond donors (Lipinski definition) is 1. The zero-order chi connectivity index (χ0) is 11.0. The number of anilines is 1. The molecule has 0 aliphatic heterocycles. The largest absolute Gasteiger partial charge is 0.475 e. The number of carboxylic acids is 1. The monoisotopic (exact) mass is 209 g/mol. The first-order valence-electron chi connectivity index (χ1n) is 5.15. The highest BCUT2D eigenvalue weighted by Crippen LogP contribution is 2.36. The first-order valence-corrected chi connectivity index (χ1v) is 5.15. The van der Waals surface area contributed by atoms with Crippen molar-refractivity contribution in [2.24, 2.45) is 5.92 Å². The Morgan fingerprint density at radius 2 is 2.27 bits per heavy atom. The highest BCUT2D eigenvalue weighted by atomic mass is 16.4. The predicted molar refractivity (Wildman–Crippen MR) is 56.3 cm³/mol. The van der Waals surface area contributed by atoms with Gasteiger partial charge in [0.2, 0.25) is 5.76 Å². The van der Waals surface area contributed by atoms with Gasteiger partial charge in [-0.3, -0.25) is 0 Å². The standard InChI is InChI=1S/C11H15NO3/c1-7(8-3-4-8)12(2)10-6-5-9(15-10)11(13)14/h5-8H,3-4H2,1-2H3,(H,13,14). The van der Waals surface area contributed by atoms with Crippen LogP contribution < -0.4 is 4.90 Å². The molecule has 1 aliphatic carbocycles. The number of furan rings is 1. The number of hydrogen-bond acceptors (Lipinski definition) is 3. The molecule has 82 valence electrons. The summed E-state index contributed by atoms with van der Waals surface area (Å²) in [6.07, 6.45) is 2.52. The lowest BCUT2D eigenvalue weighted by Gasteiger charge is -2.23. The number of carboxylic acid groups (broad SMARTS) is 1. The molecule has 1 aromatic rings. The lowest BCUT2D eigenvalue weighted by Crippen LogP contribution is -2.30. The van der Waals surface area contributed by atoms with Crippen molar-refractivity contribution in [3.05, 3.63) is 17.9 Å². The minimum Gasteiger partial charge on any atom is -0.475 e. The van der Waals surface area contributed by atoms with Gasteiger partial charge in [0, 0.05) is 19.2 Å². The van der Waals surface area contributed by atoms with Crippen LogP contribution in [0.25, 0.3) is 0 Å². The fourth-order valence-electron chi connectivity index (χ4n) is 1.73. The van der Waals surface area contributed by atoms with Gasteiger partial charge in [0.1, 0.15) is 0 Å². The molecular weight excluding hydrogens is 194 g/mol. The number of aromatic carboxylic acids is 1. The summed E-state index contributed by atoms with van der Waals surface area (Å²) in [6.45, 7) is 2.14. The van der Waals surface area contributed by atoms with Crippen LogP contribution in [0, 0.1) is 5.92 Å². The number of rotatable bonds is 4. The Kier molecular flexibility index (Phi) is 2.42. The maximum absolute atomic E-state index is 10.6. The highest BCUT2D eigenvalue weighted by molar-refractivity contribution is 5.84. The minimum atomic E-state index is -1.02. The molecular formula is C11H15NO3. The molecule has 1 aromatic heterocycles. The molecule has 0 saturated heterocycles. The normalized spacial score (nSPS) is 17.5. The number of nitrogens with zero attached hydrogens (tertiary/aromatic N) is 1. The van der Waals surface area contributed by atoms with E-state index >= 15 is 0 Å². The van der Waals surface area contributed by atoms with Crippen molar-refractivity contribution in [2.45, 2.75) is 25.8 Å². The second-order valence-electron chi connectivity index (χ2n) is 4.13. The van der Waals surface area contributed by atoms with Crippen molar-refractivity contribution in [1.82, 2.24) is 0 Å². The molecule has 15 heavy (non-hydrogen) atoms. The summed E-state index contributed by atoms with van der Waals surface area (Å²) in [5.41, 5.74) is 0. The van der Waals surface area contributed by atoms with Crippen LogP contribution in [-0.2, 0) is 0 Å². The second kappa shape index (κ2) is 3.61. The van der Waals surface area contributed by atoms with Gasteiger partial charge in [-0.1, -0.05) is 0 Å². The molecule has 1 aliphatic rings. The van der Waals surface area contributed by atoms with Crippen molar-refractivity contribution in [3.8, 4) is 0 Å². The van der Waals surface area contributed by atoms with Crippen LogP contribution in [-0.4, -0.2) is 24.2 Å². The summed E-state index contributed by atoms with van der Waals surface area (Å²) >= 11 is 0. The van der Waals surface area contributed by atoms with Crippen molar-refractivity contribution in [3.63, 3.8) is 0 Å². The molecule has 0 amide bonds. The van der Waals surface area contributed by atoms with Crippen LogP contribution in [0.1, 0.15) is 30.3 Å². The molecule has 2 rings (SSSR count). The Morgan fingerprint density at radius 1 is 1.60 bits per heavy atom. The van der Waals surface area contributed by atoms with Gasteiger partial charge in [-0.05, 0) is 31.7 Å². The molecule has 0 bridgehead atoms. The Hall–Kier alpha value is -1.45. The predicted octanol–water partition coefficient (Wildman–Crippen LogP) is 2.21. The third-order valence-corrected chi connectivity index (χ3v) is 3.07. The summed E-state index contributed by atoms with van der Waals surface area (Å²) in [5, 5.41) is 8.73. The second-order valence-corrected chi connectivity index (χ2v) is 4.13. The van der Waals surface area contributed by atoms with Crippen LogP contribution in [0.2, 0.25) is 0 Å². The molecule has 4 nitrogen and oxygen atoms in total. The molecule has 1 unspecified atom stereocenters. The third kappa shape index (κ3) is 1.98. The van der Waals surface area contributed by atoms with Crippen LogP contribution in [0.5, 0.6) is 0 Å². The van der Waals surface area contributed by atoms with Crippen molar-refractivity contribution >= 4 is 11.9 Å². The smallest absolute Gasteiger partial charge is 0.371 e. The van der Waals surface area contributed by atoms with E-state index in [2.05, 4.69) is 6.92 Å². The van der Waals surface area contributed by atoms with E-state index in [1.807, 2.05) is 11.9 Å². The van der Waals surface area contributed by atoms with Crippen LogP contribution in [0.15, 0.2) is 16.5 Å². The average molecular weight is 209 g/mol. The maximum atomic E-state index is 10.6. The fourth-order valence-corrected chi connectivity index (χ4v) is 1.73. The molecule has 0 spiro atoms. The zero-order valence-electron chi connectivity index (χ0n) is 8.93. The number of carbonyl (C=O) groups is 1. The SMILES string of the molecule is CC(C1CC1)N(C)c1ccc(C(=O)O)o1. The van der Waals surface area contributed by atoms with E-state index in [-0.39, 0.29) is 5.76 Å². The van der Waals surface area contributed by atoms with E-state index in [1.165, 1.54) is 18.9 Å². The van der Waals surface area contributed by atoms with Crippen LogP contribution >= 0.6 is 0 Å². The van der Waals surface area contributed by atoms with Gasteiger partial charge >= 0.3 is 5.97 Å². The maximum Gasteiger partial charge on any atom is 0.371 e. The summed E-state index contributed by atoms with van der Waals surface area (Å²) < 4.78 is 5.23. The van der Waals surface area contributed by atoms with Gasteiger partial charge in [-0.15, -0.1) is 0 Å². The Labute approximate surface area is 88.5 Å². The molecule has 4 heteroatoms. The molecule has 1 saturated carbocycles. The highest BCUT2D eigenvalue weighted by Gasteiger charge is 2.31. The van der Waals surface area contributed by atoms with Gasteiger partial charge in [0.05, 0.1) is 0 Å². The molecule has 1 heterocycles. The molecule has 0 radical (unpaired) electrons. The molecule has 1 fully saturated rings. The van der Waals surface area contributed by atoms with Gasteiger partial charge in [0.25, 0.3) is 0 Å². The van der Waals surface area contributed by atoms with Crippen LogP contribution in [0.3, 0.4) is 0 Å². The van der Waals surface area contributed by atoms with Gasteiger partial charge in [0.15, 0.2) is 5.88 Å². The molecule has 0 aromatic carbocycles. The van der Waals surface area contributed by atoms with E-state index in [9.17, 15) is 4.79 Å². The van der Waals surface area contributed by atoms with E-state index in [4.69, 9.17) is 9.52 Å². The van der Waals surface area contributed by atoms with Crippen molar-refractivity contribution in [1.29, 1.82) is 0 Å². The minimum absolute atomic E-state index is 0.000142. The first kappa shape index (κ1) is 10.1. The topological polar surface area (TPSA) is 53.7 Å². The van der Waals surface area contributed by atoms with Crippen LogP contribution in [0.4, 0.5) is 5.88 Å².